The number of nitrogens with one attached hydrogen (secondary N) is 1. The van der Waals surface area contributed by atoms with Crippen molar-refractivity contribution in [1.29, 1.82) is 0 Å². The Morgan fingerprint density at radius 3 is 2.74 bits per heavy atom. The zero-order valence-corrected chi connectivity index (χ0v) is 16.9. The fraction of sp³-hybridized carbons (Fsp3) is 0.438. The van der Waals surface area contributed by atoms with Gasteiger partial charge >= 0.3 is 12.1 Å². The van der Waals surface area contributed by atoms with Crippen LogP contribution in [0.25, 0.3) is 10.9 Å². The Kier molecular flexibility index (Phi) is 5.53. The molecule has 3 rings (SSSR count). The van der Waals surface area contributed by atoms with E-state index in [-0.39, 0.29) is 13.0 Å². The van der Waals surface area contributed by atoms with Crippen LogP contribution in [0.2, 0.25) is 0 Å². The van der Waals surface area contributed by atoms with Crippen LogP contribution in [0.3, 0.4) is 0 Å². The van der Waals surface area contributed by atoms with Crippen molar-refractivity contribution in [3.63, 3.8) is 0 Å². The number of halogens is 5. The fourth-order valence-electron chi connectivity index (χ4n) is 3.37. The number of aryl methyl sites for hydroxylation is 1. The van der Waals surface area contributed by atoms with Gasteiger partial charge in [0.15, 0.2) is 0 Å². The fourth-order valence-corrected chi connectivity index (χ4v) is 4.45. The third kappa shape index (κ3) is 4.29. The van der Waals surface area contributed by atoms with Crippen molar-refractivity contribution < 1.29 is 27.9 Å². The van der Waals surface area contributed by atoms with Crippen molar-refractivity contribution in [2.45, 2.75) is 32.0 Å². The molecule has 27 heavy (non-hydrogen) atoms. The molecular formula is C16H14Br2F3N3O3. The molecule has 0 fully saturated rings. The molecule has 1 aromatic carbocycles. The monoisotopic (exact) mass is 511 g/mol. The van der Waals surface area contributed by atoms with Gasteiger partial charge in [-0.05, 0) is 61.9 Å². The second-order valence-corrected chi connectivity index (χ2v) is 8.05. The summed E-state index contributed by atoms with van der Waals surface area (Å²) < 4.78 is 40.4. The Morgan fingerprint density at radius 2 is 2.11 bits per heavy atom. The second kappa shape index (κ2) is 7.42. The highest BCUT2D eigenvalue weighted by molar-refractivity contribution is 9.11. The smallest absolute Gasteiger partial charge is 0.406 e. The number of hydrogen-bond donors (Lipinski definition) is 2. The molecule has 11 heteroatoms. The van der Waals surface area contributed by atoms with Crippen LogP contribution in [0.15, 0.2) is 15.1 Å². The summed E-state index contributed by atoms with van der Waals surface area (Å²) in [5, 5.41) is 16.5. The van der Waals surface area contributed by atoms with Gasteiger partial charge in [0.05, 0.1) is 6.42 Å². The molecule has 0 unspecified atom stereocenters. The van der Waals surface area contributed by atoms with Crippen molar-refractivity contribution >= 4 is 54.6 Å². The first-order valence-corrected chi connectivity index (χ1v) is 9.56. The zero-order valence-electron chi connectivity index (χ0n) is 13.7. The van der Waals surface area contributed by atoms with Gasteiger partial charge in [0.25, 0.3) is 0 Å². The number of aromatic amines is 1. The Morgan fingerprint density at radius 1 is 1.41 bits per heavy atom. The standard InChI is InChI=1S/C16H14Br2F3N3O3/c17-10-3-7-1-2-8(4-11(25)26)15(27)24(6-16(19,20)21)5-9(7)12-13(10)22-23-14(12)18/h3,8H,1-2,4-6H2,(H,22,23)(H,25,26)/t8-/m0/s1. The summed E-state index contributed by atoms with van der Waals surface area (Å²) in [7, 11) is 0. The van der Waals surface area contributed by atoms with E-state index in [0.717, 1.165) is 5.56 Å². The molecular weight excluding hydrogens is 499 g/mol. The molecule has 1 atom stereocenters. The minimum Gasteiger partial charge on any atom is -0.481 e. The number of carbonyl (C=O) groups is 2. The molecule has 0 radical (unpaired) electrons. The minimum absolute atomic E-state index is 0.153. The molecule has 6 nitrogen and oxygen atoms in total. The number of hydrogen-bond acceptors (Lipinski definition) is 3. The van der Waals surface area contributed by atoms with Crippen LogP contribution >= 0.6 is 31.9 Å². The highest BCUT2D eigenvalue weighted by Gasteiger charge is 2.38. The largest absolute Gasteiger partial charge is 0.481 e. The Labute approximate surface area is 168 Å². The first kappa shape index (κ1) is 20.1. The molecule has 0 aliphatic carbocycles. The van der Waals surface area contributed by atoms with Crippen LogP contribution in [0, 0.1) is 5.92 Å². The quantitative estimate of drug-likeness (QED) is 0.650. The van der Waals surface area contributed by atoms with Crippen LogP contribution in [0.4, 0.5) is 13.2 Å². The lowest BCUT2D eigenvalue weighted by molar-refractivity contribution is -0.166. The van der Waals surface area contributed by atoms with Crippen LogP contribution in [0.1, 0.15) is 24.0 Å². The molecule has 2 N–H and O–H groups in total. The number of amides is 1. The van der Waals surface area contributed by atoms with Crippen LogP contribution < -0.4 is 0 Å². The van der Waals surface area contributed by atoms with Crippen molar-refractivity contribution in [2.75, 3.05) is 6.54 Å². The maximum absolute atomic E-state index is 13.1. The van der Waals surface area contributed by atoms with Crippen molar-refractivity contribution in [3.8, 4) is 0 Å². The molecule has 1 aromatic heterocycles. The summed E-state index contributed by atoms with van der Waals surface area (Å²) in [6.07, 6.45) is -4.56. The molecule has 2 heterocycles. The minimum atomic E-state index is -4.59. The topological polar surface area (TPSA) is 86.3 Å². The van der Waals surface area contributed by atoms with E-state index in [2.05, 4.69) is 42.1 Å². The average molecular weight is 513 g/mol. The molecule has 0 saturated heterocycles. The average Bonchev–Trinajstić information content (AvgIpc) is 2.93. The van der Waals surface area contributed by atoms with Gasteiger partial charge in [-0.1, -0.05) is 0 Å². The summed E-state index contributed by atoms with van der Waals surface area (Å²) in [5.74, 6) is -3.01. The summed E-state index contributed by atoms with van der Waals surface area (Å²) >= 11 is 6.73. The van der Waals surface area contributed by atoms with Gasteiger partial charge in [0, 0.05) is 22.3 Å². The number of fused-ring (bicyclic) bond motifs is 3. The van der Waals surface area contributed by atoms with E-state index in [1.165, 1.54) is 0 Å². The lowest BCUT2D eigenvalue weighted by atomic mass is 9.89. The molecule has 1 aliphatic heterocycles. The lowest BCUT2D eigenvalue weighted by Gasteiger charge is -2.31. The van der Waals surface area contributed by atoms with Gasteiger partial charge in [-0.2, -0.15) is 18.3 Å². The third-order valence-electron chi connectivity index (χ3n) is 4.50. The predicted octanol–water partition coefficient (Wildman–Crippen LogP) is 4.02. The SMILES string of the molecule is O=C(O)C[C@@H]1CCc2cc(Br)c3n[nH]c(Br)c3c2CN(CC(F)(F)F)C1=O. The molecule has 146 valence electrons. The summed E-state index contributed by atoms with van der Waals surface area (Å²) in [6.45, 7) is -1.71. The maximum Gasteiger partial charge on any atom is 0.406 e. The van der Waals surface area contributed by atoms with Gasteiger partial charge < -0.3 is 10.0 Å². The first-order valence-electron chi connectivity index (χ1n) is 7.98. The number of carboxylic acids is 1. The summed E-state index contributed by atoms with van der Waals surface area (Å²) in [5.41, 5.74) is 1.87. The van der Waals surface area contributed by atoms with E-state index in [4.69, 9.17) is 5.11 Å². The third-order valence-corrected chi connectivity index (χ3v) is 5.68. The highest BCUT2D eigenvalue weighted by atomic mass is 79.9. The number of aliphatic carboxylic acids is 1. The maximum atomic E-state index is 13.1. The van der Waals surface area contributed by atoms with E-state index < -0.39 is 36.9 Å². The van der Waals surface area contributed by atoms with Gasteiger partial charge in [-0.25, -0.2) is 0 Å². The van der Waals surface area contributed by atoms with Gasteiger partial charge in [-0.15, -0.1) is 0 Å². The molecule has 0 bridgehead atoms. The van der Waals surface area contributed by atoms with Crippen LogP contribution in [-0.4, -0.2) is 44.8 Å². The van der Waals surface area contributed by atoms with E-state index in [1.807, 2.05) is 0 Å². The van der Waals surface area contributed by atoms with Gasteiger partial charge in [-0.3, -0.25) is 14.7 Å². The second-order valence-electron chi connectivity index (χ2n) is 6.40. The number of nitrogens with zero attached hydrogens (tertiary/aromatic N) is 2. The van der Waals surface area contributed by atoms with E-state index >= 15 is 0 Å². The number of carbonyl (C=O) groups excluding carboxylic acids is 1. The molecule has 2 aromatic rings. The van der Waals surface area contributed by atoms with E-state index in [0.29, 0.717) is 36.9 Å². The number of aromatic nitrogens is 2. The van der Waals surface area contributed by atoms with Crippen LogP contribution in [-0.2, 0) is 22.6 Å². The van der Waals surface area contributed by atoms with Crippen molar-refractivity contribution in [3.05, 3.63) is 26.3 Å². The van der Waals surface area contributed by atoms with Gasteiger partial charge in [0.2, 0.25) is 5.91 Å². The normalized spacial score (nSPS) is 18.3. The summed E-state index contributed by atoms with van der Waals surface area (Å²) in [6, 6.07) is 1.77. The summed E-state index contributed by atoms with van der Waals surface area (Å²) in [4.78, 5) is 24.4. The number of carboxylic acid groups (broad SMARTS) is 1. The van der Waals surface area contributed by atoms with Crippen molar-refractivity contribution in [1.82, 2.24) is 15.1 Å². The Bertz CT molecular complexity index is 914. The van der Waals surface area contributed by atoms with E-state index in [9.17, 15) is 22.8 Å². The van der Waals surface area contributed by atoms with Crippen molar-refractivity contribution in [2.24, 2.45) is 5.92 Å². The predicted molar refractivity (Wildman–Crippen MR) is 97.0 cm³/mol. The Hall–Kier alpha value is -1.62. The first-order chi connectivity index (χ1) is 12.6. The molecule has 0 saturated carbocycles. The number of H-pyrrole nitrogens is 1. The number of rotatable bonds is 3. The molecule has 0 spiro atoms. The zero-order chi connectivity index (χ0) is 19.9. The van der Waals surface area contributed by atoms with Gasteiger partial charge in [0.1, 0.15) is 16.7 Å². The van der Waals surface area contributed by atoms with Crippen LogP contribution in [0.5, 0.6) is 0 Å². The number of alkyl halides is 3. The highest BCUT2D eigenvalue weighted by Crippen LogP contribution is 2.37. The Balaban J connectivity index is 2.12. The molecule has 1 aliphatic rings. The van der Waals surface area contributed by atoms with E-state index in [1.54, 1.807) is 6.07 Å². The molecule has 1 amide bonds. The number of benzene rings is 1. The lowest BCUT2D eigenvalue weighted by Crippen LogP contribution is -2.43.